The van der Waals surface area contributed by atoms with Crippen LogP contribution in [0.5, 0.6) is 5.75 Å². The number of aromatic nitrogens is 6. The molecule has 1 unspecified atom stereocenters. The third-order valence-electron chi connectivity index (χ3n) is 5.52. The van der Waals surface area contributed by atoms with Crippen molar-refractivity contribution in [3.05, 3.63) is 46.6 Å². The molecule has 172 valence electrons. The first-order valence-corrected chi connectivity index (χ1v) is 10.8. The minimum Gasteiger partial charge on any atom is -0.493 e. The molecule has 0 aliphatic carbocycles. The van der Waals surface area contributed by atoms with Gasteiger partial charge >= 0.3 is 5.97 Å². The smallest absolute Gasteiger partial charge is 0.325 e. The van der Waals surface area contributed by atoms with E-state index in [4.69, 9.17) is 27.2 Å². The second-order valence-corrected chi connectivity index (χ2v) is 8.10. The van der Waals surface area contributed by atoms with Crippen LogP contribution in [0.1, 0.15) is 36.7 Å². The van der Waals surface area contributed by atoms with Crippen LogP contribution < -0.4 is 10.5 Å². The molecule has 3 aromatic heterocycles. The number of carboxylic acid groups (broad SMARTS) is 1. The van der Waals surface area contributed by atoms with Crippen molar-refractivity contribution in [2.75, 3.05) is 12.3 Å². The first-order chi connectivity index (χ1) is 15.7. The number of nitrogen functional groups attached to an aromatic ring is 1. The van der Waals surface area contributed by atoms with Crippen LogP contribution in [0.15, 0.2) is 24.8 Å². The Labute approximate surface area is 195 Å². The number of aliphatic carboxylic acids is 1. The van der Waals surface area contributed by atoms with Gasteiger partial charge in [0.1, 0.15) is 24.4 Å². The number of carboxylic acids is 1. The van der Waals surface area contributed by atoms with Gasteiger partial charge < -0.3 is 15.6 Å². The number of hydrogen-bond acceptors (Lipinski definition) is 7. The maximum absolute atomic E-state index is 11.1. The zero-order chi connectivity index (χ0) is 23.9. The lowest BCUT2D eigenvalue weighted by molar-refractivity contribution is -0.137. The van der Waals surface area contributed by atoms with E-state index in [1.165, 1.54) is 11.0 Å². The number of aryl methyl sites for hydroxylation is 1. The van der Waals surface area contributed by atoms with E-state index in [1.807, 2.05) is 33.8 Å². The standard InChI is InChI=1S/C22H24ClN7O3/c1-5-33-20-15(13(4)30-22-19(12(3)28-30)21(24)25-10-26-22)6-16(23)11(2)18(20)14-7-27-29(8-14)9-17(31)32/h6-8,10,13H,5,9H2,1-4H3,(H,31,32)(H2,24,25,26). The van der Waals surface area contributed by atoms with Crippen molar-refractivity contribution < 1.29 is 14.6 Å². The third-order valence-corrected chi connectivity index (χ3v) is 5.92. The fraction of sp³-hybridized carbons (Fsp3) is 0.318. The fourth-order valence-electron chi connectivity index (χ4n) is 3.99. The summed E-state index contributed by atoms with van der Waals surface area (Å²) < 4.78 is 9.27. The van der Waals surface area contributed by atoms with Crippen molar-refractivity contribution in [1.29, 1.82) is 0 Å². The van der Waals surface area contributed by atoms with Crippen molar-refractivity contribution in [3.63, 3.8) is 0 Å². The number of ether oxygens (including phenoxy) is 1. The molecular weight excluding hydrogens is 446 g/mol. The first-order valence-electron chi connectivity index (χ1n) is 10.4. The van der Waals surface area contributed by atoms with Gasteiger partial charge in [0, 0.05) is 27.9 Å². The number of nitrogens with zero attached hydrogens (tertiary/aromatic N) is 6. The monoisotopic (exact) mass is 469 g/mol. The molecule has 0 saturated heterocycles. The maximum atomic E-state index is 11.1. The number of anilines is 1. The SMILES string of the molecule is CCOc1c(C(C)n2nc(C)c3c(N)ncnc32)cc(Cl)c(C)c1-c1cnn(CC(=O)O)c1. The number of nitrogens with two attached hydrogens (primary N) is 1. The number of fused-ring (bicyclic) bond motifs is 1. The Morgan fingerprint density at radius 2 is 2.09 bits per heavy atom. The van der Waals surface area contributed by atoms with E-state index in [0.29, 0.717) is 39.8 Å². The average molecular weight is 470 g/mol. The molecule has 0 aliphatic heterocycles. The van der Waals surface area contributed by atoms with Gasteiger partial charge in [-0.2, -0.15) is 10.2 Å². The van der Waals surface area contributed by atoms with E-state index in [0.717, 1.165) is 22.4 Å². The Hall–Kier alpha value is -3.66. The zero-order valence-corrected chi connectivity index (χ0v) is 19.5. The summed E-state index contributed by atoms with van der Waals surface area (Å²) in [4.78, 5) is 19.6. The maximum Gasteiger partial charge on any atom is 0.325 e. The molecule has 3 heterocycles. The fourth-order valence-corrected chi connectivity index (χ4v) is 4.20. The molecule has 0 bridgehead atoms. The normalized spacial score (nSPS) is 12.3. The Morgan fingerprint density at radius 1 is 1.33 bits per heavy atom. The van der Waals surface area contributed by atoms with Crippen molar-refractivity contribution in [2.24, 2.45) is 0 Å². The van der Waals surface area contributed by atoms with Crippen molar-refractivity contribution >= 4 is 34.4 Å². The summed E-state index contributed by atoms with van der Waals surface area (Å²) in [5.74, 6) is 0.0218. The highest BCUT2D eigenvalue weighted by Gasteiger charge is 2.25. The number of rotatable bonds is 7. The molecule has 33 heavy (non-hydrogen) atoms. The molecule has 4 aromatic rings. The van der Waals surface area contributed by atoms with Crippen LogP contribution in [-0.2, 0) is 11.3 Å². The van der Waals surface area contributed by atoms with Gasteiger partial charge in [0.2, 0.25) is 0 Å². The first kappa shape index (κ1) is 22.5. The molecular formula is C22H24ClN7O3. The molecule has 4 rings (SSSR count). The number of benzene rings is 1. The molecule has 0 fully saturated rings. The zero-order valence-electron chi connectivity index (χ0n) is 18.7. The number of carbonyl (C=O) groups is 1. The van der Waals surface area contributed by atoms with Gasteiger partial charge in [-0.1, -0.05) is 11.6 Å². The molecule has 0 saturated carbocycles. The van der Waals surface area contributed by atoms with Crippen LogP contribution in [-0.4, -0.2) is 47.2 Å². The van der Waals surface area contributed by atoms with Crippen molar-refractivity contribution in [2.45, 2.75) is 40.3 Å². The molecule has 10 nitrogen and oxygen atoms in total. The van der Waals surface area contributed by atoms with E-state index < -0.39 is 5.97 Å². The molecule has 1 aromatic carbocycles. The summed E-state index contributed by atoms with van der Waals surface area (Å²) in [6.07, 6.45) is 4.70. The van der Waals surface area contributed by atoms with Crippen LogP contribution in [0.25, 0.3) is 22.2 Å². The lowest BCUT2D eigenvalue weighted by atomic mass is 9.95. The van der Waals surface area contributed by atoms with Gasteiger partial charge in [-0.15, -0.1) is 0 Å². The van der Waals surface area contributed by atoms with Crippen LogP contribution in [0.2, 0.25) is 5.02 Å². The van der Waals surface area contributed by atoms with Gasteiger partial charge in [0.15, 0.2) is 5.65 Å². The number of hydrogen-bond donors (Lipinski definition) is 2. The predicted molar refractivity (Wildman–Crippen MR) is 125 cm³/mol. The van der Waals surface area contributed by atoms with Crippen LogP contribution in [0.3, 0.4) is 0 Å². The topological polar surface area (TPSA) is 134 Å². The van der Waals surface area contributed by atoms with E-state index in [1.54, 1.807) is 17.1 Å². The summed E-state index contributed by atoms with van der Waals surface area (Å²) in [7, 11) is 0. The van der Waals surface area contributed by atoms with Crippen LogP contribution in [0, 0.1) is 13.8 Å². The summed E-state index contributed by atoms with van der Waals surface area (Å²) in [6, 6.07) is 1.56. The second kappa shape index (κ2) is 8.70. The molecule has 0 radical (unpaired) electrons. The Kier molecular flexibility index (Phi) is 5.94. The Balaban J connectivity index is 1.92. The number of halogens is 1. The van der Waals surface area contributed by atoms with Gasteiger partial charge in [-0.05, 0) is 39.3 Å². The summed E-state index contributed by atoms with van der Waals surface area (Å²) in [5, 5.41) is 19.2. The predicted octanol–water partition coefficient (Wildman–Crippen LogP) is 3.63. The van der Waals surface area contributed by atoms with Crippen LogP contribution >= 0.6 is 11.6 Å². The third kappa shape index (κ3) is 3.97. The minimum absolute atomic E-state index is 0.244. The quantitative estimate of drug-likeness (QED) is 0.419. The van der Waals surface area contributed by atoms with E-state index in [-0.39, 0.29) is 12.6 Å². The molecule has 0 spiro atoms. The molecule has 11 heteroatoms. The lowest BCUT2D eigenvalue weighted by Gasteiger charge is -2.22. The highest BCUT2D eigenvalue weighted by atomic mass is 35.5. The van der Waals surface area contributed by atoms with E-state index in [2.05, 4.69) is 20.2 Å². The Morgan fingerprint density at radius 3 is 2.79 bits per heavy atom. The Bertz CT molecular complexity index is 1360. The largest absolute Gasteiger partial charge is 0.493 e. The minimum atomic E-state index is -0.978. The summed E-state index contributed by atoms with van der Waals surface area (Å²) >= 11 is 6.66. The molecule has 1 atom stereocenters. The summed E-state index contributed by atoms with van der Waals surface area (Å²) in [5.41, 5.74) is 10.5. The molecule has 0 aliphatic rings. The van der Waals surface area contributed by atoms with Gasteiger partial charge in [0.05, 0.1) is 29.9 Å². The van der Waals surface area contributed by atoms with E-state index in [9.17, 15) is 4.79 Å². The summed E-state index contributed by atoms with van der Waals surface area (Å²) in [6.45, 7) is 7.81. The lowest BCUT2D eigenvalue weighted by Crippen LogP contribution is -2.13. The molecule has 3 N–H and O–H groups in total. The van der Waals surface area contributed by atoms with Gasteiger partial charge in [-0.3, -0.25) is 9.48 Å². The second-order valence-electron chi connectivity index (χ2n) is 7.69. The van der Waals surface area contributed by atoms with Crippen molar-refractivity contribution in [3.8, 4) is 16.9 Å². The average Bonchev–Trinajstić information content (AvgIpc) is 3.35. The van der Waals surface area contributed by atoms with Crippen molar-refractivity contribution in [1.82, 2.24) is 29.5 Å². The highest BCUT2D eigenvalue weighted by molar-refractivity contribution is 6.32. The van der Waals surface area contributed by atoms with Gasteiger partial charge in [0.25, 0.3) is 0 Å². The van der Waals surface area contributed by atoms with E-state index >= 15 is 0 Å². The molecule has 0 amide bonds. The van der Waals surface area contributed by atoms with Gasteiger partial charge in [-0.25, -0.2) is 14.6 Å². The van der Waals surface area contributed by atoms with Crippen LogP contribution in [0.4, 0.5) is 5.82 Å². The highest BCUT2D eigenvalue weighted by Crippen LogP contribution is 2.43.